The fraction of sp³-hybridized carbons (Fsp3) is 0.263. The average molecular weight is 373 g/mol. The summed E-state index contributed by atoms with van der Waals surface area (Å²) in [6, 6.07) is 13.7. The molecule has 0 unspecified atom stereocenters. The van der Waals surface area contributed by atoms with Crippen LogP contribution in [0.1, 0.15) is 41.3 Å². The van der Waals surface area contributed by atoms with Crippen molar-refractivity contribution in [3.8, 4) is 0 Å². The van der Waals surface area contributed by atoms with Gasteiger partial charge in [0.1, 0.15) is 0 Å². The predicted octanol–water partition coefficient (Wildman–Crippen LogP) is 2.82. The molecular formula is C19H23N3O3S. The summed E-state index contributed by atoms with van der Waals surface area (Å²) in [5, 5.41) is 3.93. The second-order valence-corrected chi connectivity index (χ2v) is 8.49. The molecule has 0 fully saturated rings. The summed E-state index contributed by atoms with van der Waals surface area (Å²) in [6.45, 7) is 4.24. The number of benzene rings is 2. The first-order valence-electron chi connectivity index (χ1n) is 8.18. The number of carbonyl (C=O) groups excluding carboxylic acids is 1. The summed E-state index contributed by atoms with van der Waals surface area (Å²) >= 11 is 0. The molecule has 0 atom stereocenters. The lowest BCUT2D eigenvalue weighted by atomic mass is 10.0. The maximum absolute atomic E-state index is 12.2. The van der Waals surface area contributed by atoms with Crippen LogP contribution in [0.25, 0.3) is 0 Å². The molecule has 0 heterocycles. The Bertz CT molecular complexity index is 902. The van der Waals surface area contributed by atoms with Gasteiger partial charge in [0.25, 0.3) is 5.91 Å². The molecule has 0 aliphatic rings. The highest BCUT2D eigenvalue weighted by atomic mass is 32.2. The number of hydrazone groups is 1. The summed E-state index contributed by atoms with van der Waals surface area (Å²) in [7, 11) is -0.710. The van der Waals surface area contributed by atoms with E-state index in [9.17, 15) is 13.2 Å². The molecule has 6 nitrogen and oxygen atoms in total. The van der Waals surface area contributed by atoms with E-state index in [1.54, 1.807) is 6.21 Å². The summed E-state index contributed by atoms with van der Waals surface area (Å²) < 4.78 is 25.4. The van der Waals surface area contributed by atoms with Crippen LogP contribution in [0.3, 0.4) is 0 Å². The monoisotopic (exact) mass is 373 g/mol. The van der Waals surface area contributed by atoms with Gasteiger partial charge in [-0.05, 0) is 35.2 Å². The van der Waals surface area contributed by atoms with Crippen LogP contribution < -0.4 is 5.43 Å². The fourth-order valence-corrected chi connectivity index (χ4v) is 3.15. The van der Waals surface area contributed by atoms with Crippen molar-refractivity contribution in [2.24, 2.45) is 5.10 Å². The van der Waals surface area contributed by atoms with Crippen molar-refractivity contribution in [3.05, 3.63) is 65.2 Å². The van der Waals surface area contributed by atoms with Crippen LogP contribution in [0.5, 0.6) is 0 Å². The summed E-state index contributed by atoms with van der Waals surface area (Å²) in [6.07, 6.45) is 1.54. The smallest absolute Gasteiger partial charge is 0.267 e. The van der Waals surface area contributed by atoms with E-state index in [0.29, 0.717) is 5.92 Å². The van der Waals surface area contributed by atoms with Crippen molar-refractivity contribution in [1.82, 2.24) is 9.73 Å². The highest BCUT2D eigenvalue weighted by Crippen LogP contribution is 2.15. The number of hydrogen-bond acceptors (Lipinski definition) is 4. The number of nitrogens with one attached hydrogen (secondary N) is 1. The highest BCUT2D eigenvalue weighted by molar-refractivity contribution is 7.89. The number of sulfonamides is 1. The van der Waals surface area contributed by atoms with Gasteiger partial charge in [-0.3, -0.25) is 4.79 Å². The van der Waals surface area contributed by atoms with Crippen LogP contribution >= 0.6 is 0 Å². The second kappa shape index (κ2) is 8.25. The van der Waals surface area contributed by atoms with E-state index in [0.717, 1.165) is 9.87 Å². The van der Waals surface area contributed by atoms with Gasteiger partial charge in [-0.25, -0.2) is 18.1 Å². The fourth-order valence-electron chi connectivity index (χ4n) is 2.21. The third-order valence-electron chi connectivity index (χ3n) is 3.86. The topological polar surface area (TPSA) is 78.8 Å². The third kappa shape index (κ3) is 4.77. The maximum Gasteiger partial charge on any atom is 0.271 e. The van der Waals surface area contributed by atoms with Gasteiger partial charge in [0.15, 0.2) is 0 Å². The van der Waals surface area contributed by atoms with Crippen molar-refractivity contribution in [2.75, 3.05) is 14.1 Å². The summed E-state index contributed by atoms with van der Waals surface area (Å²) in [5.41, 5.74) is 4.72. The highest BCUT2D eigenvalue weighted by Gasteiger charge is 2.18. The van der Waals surface area contributed by atoms with Crippen molar-refractivity contribution in [3.63, 3.8) is 0 Å². The van der Waals surface area contributed by atoms with Gasteiger partial charge in [-0.15, -0.1) is 0 Å². The van der Waals surface area contributed by atoms with E-state index in [1.165, 1.54) is 43.9 Å². The molecule has 2 aromatic carbocycles. The van der Waals surface area contributed by atoms with Gasteiger partial charge >= 0.3 is 0 Å². The largest absolute Gasteiger partial charge is 0.271 e. The molecule has 0 aliphatic heterocycles. The van der Waals surface area contributed by atoms with Gasteiger partial charge in [0, 0.05) is 19.7 Å². The number of carbonyl (C=O) groups is 1. The van der Waals surface area contributed by atoms with Crippen molar-refractivity contribution in [2.45, 2.75) is 24.7 Å². The van der Waals surface area contributed by atoms with E-state index in [-0.39, 0.29) is 10.5 Å². The molecule has 2 rings (SSSR count). The quantitative estimate of drug-likeness (QED) is 0.625. The Labute approximate surface area is 154 Å². The average Bonchev–Trinajstić information content (AvgIpc) is 2.62. The van der Waals surface area contributed by atoms with Crippen molar-refractivity contribution < 1.29 is 13.2 Å². The zero-order chi connectivity index (χ0) is 19.3. The zero-order valence-corrected chi connectivity index (χ0v) is 16.1. The first-order chi connectivity index (χ1) is 12.2. The van der Waals surface area contributed by atoms with Gasteiger partial charge in [-0.2, -0.15) is 5.10 Å². The SMILES string of the molecule is CC(C)c1ccc(/C=N\NC(=O)c2cccc(S(=O)(=O)N(C)C)c2)cc1. The lowest BCUT2D eigenvalue weighted by Gasteiger charge is -2.11. The van der Waals surface area contributed by atoms with Crippen LogP contribution in [0.4, 0.5) is 0 Å². The van der Waals surface area contributed by atoms with E-state index in [4.69, 9.17) is 0 Å². The van der Waals surface area contributed by atoms with Gasteiger partial charge in [0.05, 0.1) is 11.1 Å². The normalized spacial score (nSPS) is 12.1. The lowest BCUT2D eigenvalue weighted by Crippen LogP contribution is -2.23. The Morgan fingerprint density at radius 3 is 2.35 bits per heavy atom. The van der Waals surface area contributed by atoms with E-state index in [2.05, 4.69) is 24.4 Å². The van der Waals surface area contributed by atoms with Crippen LogP contribution in [0, 0.1) is 0 Å². The Balaban J connectivity index is 2.08. The maximum atomic E-state index is 12.2. The molecule has 138 valence electrons. The van der Waals surface area contributed by atoms with Crippen LogP contribution in [-0.2, 0) is 10.0 Å². The molecule has 0 aromatic heterocycles. The minimum absolute atomic E-state index is 0.0587. The third-order valence-corrected chi connectivity index (χ3v) is 5.67. The number of hydrogen-bond donors (Lipinski definition) is 1. The number of rotatable bonds is 6. The van der Waals surface area contributed by atoms with E-state index < -0.39 is 15.9 Å². The molecule has 0 radical (unpaired) electrons. The van der Waals surface area contributed by atoms with Crippen LogP contribution in [0.2, 0.25) is 0 Å². The molecule has 0 saturated carbocycles. The molecule has 7 heteroatoms. The molecule has 0 bridgehead atoms. The van der Waals surface area contributed by atoms with Gasteiger partial charge < -0.3 is 0 Å². The Morgan fingerprint density at radius 2 is 1.77 bits per heavy atom. The predicted molar refractivity (Wildman–Crippen MR) is 103 cm³/mol. The summed E-state index contributed by atoms with van der Waals surface area (Å²) in [4.78, 5) is 12.3. The molecule has 0 spiro atoms. The Hall–Kier alpha value is -2.51. The van der Waals surface area contributed by atoms with Crippen LogP contribution in [0.15, 0.2) is 58.5 Å². The standard InChI is InChI=1S/C19H23N3O3S/c1-14(2)16-10-8-15(9-11-16)13-20-21-19(23)17-6-5-7-18(12-17)26(24,25)22(3)4/h5-14H,1-4H3,(H,21,23)/b20-13-. The molecule has 0 aliphatic carbocycles. The second-order valence-electron chi connectivity index (χ2n) is 6.34. The molecule has 2 aromatic rings. The minimum Gasteiger partial charge on any atom is -0.267 e. The zero-order valence-electron chi connectivity index (χ0n) is 15.3. The molecule has 1 N–H and O–H groups in total. The summed E-state index contributed by atoms with van der Waals surface area (Å²) in [5.74, 6) is -0.0257. The van der Waals surface area contributed by atoms with Gasteiger partial charge in [-0.1, -0.05) is 44.2 Å². The molecular weight excluding hydrogens is 350 g/mol. The molecule has 0 saturated heterocycles. The number of amides is 1. The lowest BCUT2D eigenvalue weighted by molar-refractivity contribution is 0.0955. The Kier molecular flexibility index (Phi) is 6.28. The first-order valence-corrected chi connectivity index (χ1v) is 9.62. The molecule has 1 amide bonds. The van der Waals surface area contributed by atoms with E-state index >= 15 is 0 Å². The van der Waals surface area contributed by atoms with Crippen LogP contribution in [-0.4, -0.2) is 38.9 Å². The van der Waals surface area contributed by atoms with Gasteiger partial charge in [0.2, 0.25) is 10.0 Å². The minimum atomic E-state index is -3.59. The first kappa shape index (κ1) is 19.8. The molecule has 26 heavy (non-hydrogen) atoms. The van der Waals surface area contributed by atoms with E-state index in [1.807, 2.05) is 24.3 Å². The van der Waals surface area contributed by atoms with Crippen molar-refractivity contribution in [1.29, 1.82) is 0 Å². The number of nitrogens with zero attached hydrogens (tertiary/aromatic N) is 2. The Morgan fingerprint density at radius 1 is 1.12 bits per heavy atom. The van der Waals surface area contributed by atoms with Crippen molar-refractivity contribution >= 4 is 22.1 Å².